The number of hydrogen-bond donors (Lipinski definition) is 2. The predicted octanol–water partition coefficient (Wildman–Crippen LogP) is 2.36. The van der Waals surface area contributed by atoms with E-state index in [4.69, 9.17) is 11.6 Å². The molecule has 0 bridgehead atoms. The van der Waals surface area contributed by atoms with Gasteiger partial charge in [0, 0.05) is 22.3 Å². The quantitative estimate of drug-likeness (QED) is 0.873. The Balaban J connectivity index is 0.00000128. The first kappa shape index (κ1) is 13.6. The van der Waals surface area contributed by atoms with Crippen molar-refractivity contribution < 1.29 is 4.79 Å². The lowest BCUT2D eigenvalue weighted by Crippen LogP contribution is -2.37. The molecule has 1 saturated heterocycles. The molecule has 0 aliphatic carbocycles. The molecule has 1 heterocycles. The number of carbonyl (C=O) groups is 1. The van der Waals surface area contributed by atoms with Gasteiger partial charge >= 0.3 is 0 Å². The minimum absolute atomic E-state index is 0. The molecule has 2 N–H and O–H groups in total. The summed E-state index contributed by atoms with van der Waals surface area (Å²) in [6.07, 6.45) is 0. The van der Waals surface area contributed by atoms with Crippen molar-refractivity contribution in [2.24, 2.45) is 0 Å². The van der Waals surface area contributed by atoms with Crippen molar-refractivity contribution in [2.75, 3.05) is 16.9 Å². The van der Waals surface area contributed by atoms with Crippen LogP contribution in [0.2, 0.25) is 5.02 Å². The van der Waals surface area contributed by atoms with Crippen molar-refractivity contribution in [1.82, 2.24) is 5.32 Å². The van der Waals surface area contributed by atoms with Crippen LogP contribution in [-0.2, 0) is 4.79 Å². The van der Waals surface area contributed by atoms with Crippen molar-refractivity contribution in [3.63, 3.8) is 0 Å². The second kappa shape index (κ2) is 6.35. The summed E-state index contributed by atoms with van der Waals surface area (Å²) in [5.41, 5.74) is 0.742. The number of rotatable bonds is 2. The number of anilines is 1. The summed E-state index contributed by atoms with van der Waals surface area (Å²) in [5.74, 6) is 1.67. The van der Waals surface area contributed by atoms with E-state index in [0.29, 0.717) is 5.02 Å². The van der Waals surface area contributed by atoms with Crippen molar-refractivity contribution >= 4 is 47.4 Å². The number of nitrogens with one attached hydrogen (secondary N) is 2. The van der Waals surface area contributed by atoms with E-state index in [2.05, 4.69) is 10.6 Å². The van der Waals surface area contributed by atoms with Gasteiger partial charge in [0.2, 0.25) is 5.91 Å². The fourth-order valence-electron chi connectivity index (χ4n) is 1.36. The maximum Gasteiger partial charge on any atom is 0.242 e. The second-order valence-electron chi connectivity index (χ2n) is 3.27. The van der Waals surface area contributed by atoms with Crippen molar-refractivity contribution in [2.45, 2.75) is 6.04 Å². The summed E-state index contributed by atoms with van der Waals surface area (Å²) in [7, 11) is 0. The minimum atomic E-state index is -0.0889. The number of thioether (sulfide) groups is 1. The van der Waals surface area contributed by atoms with Crippen LogP contribution in [0.3, 0.4) is 0 Å². The Hall–Kier alpha value is -0.420. The van der Waals surface area contributed by atoms with Gasteiger partial charge in [-0.3, -0.25) is 10.1 Å². The average Bonchev–Trinajstić information content (AvgIpc) is 2.70. The van der Waals surface area contributed by atoms with Gasteiger partial charge in [0.1, 0.15) is 0 Å². The van der Waals surface area contributed by atoms with E-state index in [0.717, 1.165) is 17.3 Å². The third-order valence-electron chi connectivity index (χ3n) is 2.12. The third kappa shape index (κ3) is 3.56. The molecule has 2 rings (SSSR count). The van der Waals surface area contributed by atoms with Crippen LogP contribution in [0.1, 0.15) is 0 Å². The van der Waals surface area contributed by atoms with Gasteiger partial charge in [-0.1, -0.05) is 17.7 Å². The van der Waals surface area contributed by atoms with Gasteiger partial charge in [-0.25, -0.2) is 0 Å². The van der Waals surface area contributed by atoms with E-state index in [-0.39, 0.29) is 24.4 Å². The molecule has 0 radical (unpaired) electrons. The number of carbonyl (C=O) groups excluding carboxylic acids is 1. The predicted molar refractivity (Wildman–Crippen MR) is 71.6 cm³/mol. The van der Waals surface area contributed by atoms with Crippen LogP contribution < -0.4 is 10.6 Å². The molecular formula is C10H12Cl2N2OS. The molecule has 1 amide bonds. The maximum atomic E-state index is 11.7. The van der Waals surface area contributed by atoms with Gasteiger partial charge in [-0.2, -0.15) is 0 Å². The molecule has 3 nitrogen and oxygen atoms in total. The first-order valence-electron chi connectivity index (χ1n) is 4.63. The van der Waals surface area contributed by atoms with E-state index in [1.807, 2.05) is 12.1 Å². The lowest BCUT2D eigenvalue weighted by Gasteiger charge is -2.10. The van der Waals surface area contributed by atoms with Crippen molar-refractivity contribution in [3.8, 4) is 0 Å². The normalized spacial score (nSPS) is 18.9. The molecule has 0 aromatic heterocycles. The van der Waals surface area contributed by atoms with Crippen LogP contribution in [0.5, 0.6) is 0 Å². The number of benzene rings is 1. The first-order chi connectivity index (χ1) is 7.25. The van der Waals surface area contributed by atoms with Crippen molar-refractivity contribution in [1.29, 1.82) is 0 Å². The van der Waals surface area contributed by atoms with E-state index in [1.165, 1.54) is 0 Å². The summed E-state index contributed by atoms with van der Waals surface area (Å²) in [4.78, 5) is 11.7. The fourth-order valence-corrected chi connectivity index (χ4v) is 2.49. The molecule has 0 spiro atoms. The third-order valence-corrected chi connectivity index (χ3v) is 3.30. The van der Waals surface area contributed by atoms with Crippen LogP contribution in [0.4, 0.5) is 5.69 Å². The summed E-state index contributed by atoms with van der Waals surface area (Å²) >= 11 is 7.54. The molecular weight excluding hydrogens is 267 g/mol. The maximum absolute atomic E-state index is 11.7. The fraction of sp³-hybridized carbons (Fsp3) is 0.300. The molecule has 16 heavy (non-hydrogen) atoms. The van der Waals surface area contributed by atoms with E-state index < -0.39 is 0 Å². The lowest BCUT2D eigenvalue weighted by atomic mass is 10.3. The highest BCUT2D eigenvalue weighted by molar-refractivity contribution is 7.99. The summed E-state index contributed by atoms with van der Waals surface area (Å²) < 4.78 is 0. The van der Waals surface area contributed by atoms with Crippen LogP contribution >= 0.6 is 35.8 Å². The molecule has 1 fully saturated rings. The molecule has 6 heteroatoms. The molecule has 0 saturated carbocycles. The van der Waals surface area contributed by atoms with Crippen molar-refractivity contribution in [3.05, 3.63) is 29.3 Å². The van der Waals surface area contributed by atoms with Gasteiger partial charge in [0.25, 0.3) is 0 Å². The molecule has 88 valence electrons. The Bertz CT molecular complexity index is 370. The van der Waals surface area contributed by atoms with E-state index >= 15 is 0 Å². The largest absolute Gasteiger partial charge is 0.325 e. The van der Waals surface area contributed by atoms with Gasteiger partial charge < -0.3 is 5.32 Å². The highest BCUT2D eigenvalue weighted by atomic mass is 35.5. The Kier molecular flexibility index (Phi) is 5.41. The monoisotopic (exact) mass is 278 g/mol. The first-order valence-corrected chi connectivity index (χ1v) is 6.16. The number of halogens is 2. The van der Waals surface area contributed by atoms with Gasteiger partial charge in [0.15, 0.2) is 0 Å². The smallest absolute Gasteiger partial charge is 0.242 e. The Labute approximate surface area is 110 Å². The Morgan fingerprint density at radius 3 is 3.00 bits per heavy atom. The Morgan fingerprint density at radius 2 is 2.38 bits per heavy atom. The van der Waals surface area contributed by atoms with Crippen LogP contribution in [0, 0.1) is 0 Å². The summed E-state index contributed by atoms with van der Waals surface area (Å²) in [6, 6.07) is 7.07. The van der Waals surface area contributed by atoms with Crippen LogP contribution in [-0.4, -0.2) is 23.6 Å². The van der Waals surface area contributed by atoms with Gasteiger partial charge in [-0.15, -0.1) is 24.2 Å². The zero-order valence-electron chi connectivity index (χ0n) is 8.40. The molecule has 1 aromatic rings. The zero-order valence-corrected chi connectivity index (χ0v) is 10.8. The number of amides is 1. The summed E-state index contributed by atoms with van der Waals surface area (Å²) in [6.45, 7) is 0. The molecule has 1 aliphatic rings. The molecule has 1 aliphatic heterocycles. The molecule has 1 aromatic carbocycles. The van der Waals surface area contributed by atoms with Gasteiger partial charge in [-0.05, 0) is 18.2 Å². The topological polar surface area (TPSA) is 41.1 Å². The van der Waals surface area contributed by atoms with E-state index in [1.54, 1.807) is 23.9 Å². The molecule has 0 unspecified atom stereocenters. The number of hydrogen-bond acceptors (Lipinski definition) is 3. The second-order valence-corrected chi connectivity index (χ2v) is 4.74. The van der Waals surface area contributed by atoms with E-state index in [9.17, 15) is 4.79 Å². The highest BCUT2D eigenvalue weighted by Gasteiger charge is 2.22. The SMILES string of the molecule is Cl.O=C(Nc1cccc(Cl)c1)[C@H]1CSCN1. The highest BCUT2D eigenvalue weighted by Crippen LogP contribution is 2.16. The standard InChI is InChI=1S/C10H11ClN2OS.ClH/c11-7-2-1-3-8(4-7)13-10(14)9-5-15-6-12-9;/h1-4,9,12H,5-6H2,(H,13,14);1H/t9-;/m1./s1. The van der Waals surface area contributed by atoms with Gasteiger partial charge in [0.05, 0.1) is 6.04 Å². The zero-order chi connectivity index (χ0) is 10.7. The minimum Gasteiger partial charge on any atom is -0.325 e. The summed E-state index contributed by atoms with van der Waals surface area (Å²) in [5, 5.41) is 6.56. The lowest BCUT2D eigenvalue weighted by molar-refractivity contribution is -0.117. The Morgan fingerprint density at radius 1 is 1.56 bits per heavy atom. The average molecular weight is 279 g/mol. The van der Waals surface area contributed by atoms with Crippen LogP contribution in [0.15, 0.2) is 24.3 Å². The molecule has 1 atom stereocenters. The van der Waals surface area contributed by atoms with Crippen LogP contribution in [0.25, 0.3) is 0 Å².